The molecule has 1 saturated heterocycles. The Labute approximate surface area is 116 Å². The van der Waals surface area contributed by atoms with Gasteiger partial charge in [-0.2, -0.15) is 4.98 Å². The number of hydrogen-bond acceptors (Lipinski definition) is 6. The molecule has 19 heavy (non-hydrogen) atoms. The van der Waals surface area contributed by atoms with Gasteiger partial charge in [0, 0.05) is 11.8 Å². The third kappa shape index (κ3) is 3.54. The van der Waals surface area contributed by atoms with Crippen molar-refractivity contribution in [1.29, 1.82) is 0 Å². The molecule has 0 aliphatic carbocycles. The van der Waals surface area contributed by atoms with Crippen molar-refractivity contribution in [3.8, 4) is 0 Å². The lowest BCUT2D eigenvalue weighted by Crippen LogP contribution is -2.28. The number of rotatable bonds is 4. The van der Waals surface area contributed by atoms with Crippen molar-refractivity contribution >= 4 is 25.3 Å². The van der Waals surface area contributed by atoms with Gasteiger partial charge in [0.2, 0.25) is 0 Å². The maximum Gasteiger partial charge on any atom is 0.582 e. The van der Waals surface area contributed by atoms with Crippen LogP contribution in [0, 0.1) is 6.92 Å². The van der Waals surface area contributed by atoms with E-state index in [1.165, 1.54) is 4.57 Å². The summed E-state index contributed by atoms with van der Waals surface area (Å²) in [4.78, 5) is 15.5. The first kappa shape index (κ1) is 14.5. The van der Waals surface area contributed by atoms with Crippen LogP contribution in [-0.4, -0.2) is 22.3 Å². The number of aryl methyl sites for hydroxylation is 1. The molecule has 1 aromatic rings. The molecule has 2 rings (SSSR count). The fourth-order valence-corrected chi connectivity index (χ4v) is 2.44. The number of aromatic nitrogens is 2. The van der Waals surface area contributed by atoms with Gasteiger partial charge in [0.15, 0.2) is 0 Å². The standard InChI is InChI=1S/C10H14N3O4PS/c1-6-4-13(10(14)12-9(6)11)8-3-2-7(17-8)5-16-18(15)19/h4,7-8H,2-3,5H2,1H3,(H2-,11,12,14,15,19)/p+1/t7-,8+/m0/s1. The van der Waals surface area contributed by atoms with Crippen molar-refractivity contribution in [3.63, 3.8) is 0 Å². The first-order valence-corrected chi connectivity index (χ1v) is 8.10. The lowest BCUT2D eigenvalue weighted by atomic mass is 10.2. The molecule has 1 aliphatic heterocycles. The number of nitrogens with zero attached hydrogens (tertiary/aromatic N) is 2. The molecule has 2 heterocycles. The Kier molecular flexibility index (Phi) is 4.57. The highest BCUT2D eigenvalue weighted by atomic mass is 32.7. The van der Waals surface area contributed by atoms with Gasteiger partial charge in [-0.05, 0) is 24.3 Å². The summed E-state index contributed by atoms with van der Waals surface area (Å²) in [5.41, 5.74) is 5.86. The topological polar surface area (TPSA) is 96.4 Å². The number of thiol groups is 1. The zero-order valence-corrected chi connectivity index (χ0v) is 12.1. The van der Waals surface area contributed by atoms with Crippen molar-refractivity contribution in [2.45, 2.75) is 32.1 Å². The highest BCUT2D eigenvalue weighted by molar-refractivity contribution is 8.39. The average Bonchev–Trinajstić information content (AvgIpc) is 2.80. The molecule has 0 spiro atoms. The normalized spacial score (nSPS) is 23.6. The monoisotopic (exact) mass is 304 g/mol. The third-order valence-electron chi connectivity index (χ3n) is 2.94. The van der Waals surface area contributed by atoms with Crippen LogP contribution in [0.3, 0.4) is 0 Å². The molecule has 0 aromatic carbocycles. The van der Waals surface area contributed by atoms with Crippen molar-refractivity contribution in [2.24, 2.45) is 0 Å². The molecule has 1 fully saturated rings. The Bertz CT molecular complexity index is 550. The Morgan fingerprint density at radius 3 is 3.11 bits per heavy atom. The van der Waals surface area contributed by atoms with E-state index in [0.717, 1.165) is 12.0 Å². The molecule has 104 valence electrons. The van der Waals surface area contributed by atoms with E-state index in [1.54, 1.807) is 13.1 Å². The van der Waals surface area contributed by atoms with E-state index < -0.39 is 12.9 Å². The average molecular weight is 304 g/mol. The molecule has 0 amide bonds. The molecule has 3 atom stereocenters. The molecule has 1 aromatic heterocycles. The molecule has 0 saturated carbocycles. The second kappa shape index (κ2) is 6.00. The van der Waals surface area contributed by atoms with Crippen molar-refractivity contribution in [2.75, 3.05) is 12.3 Å². The van der Waals surface area contributed by atoms with Gasteiger partial charge in [0.25, 0.3) is 0 Å². The van der Waals surface area contributed by atoms with E-state index in [-0.39, 0.29) is 24.8 Å². The molecule has 7 nitrogen and oxygen atoms in total. The number of hydrogen-bond donors (Lipinski definition) is 2. The van der Waals surface area contributed by atoms with Gasteiger partial charge in [-0.1, -0.05) is 0 Å². The molecule has 0 radical (unpaired) electrons. The highest BCUT2D eigenvalue weighted by Crippen LogP contribution is 2.32. The van der Waals surface area contributed by atoms with Gasteiger partial charge in [-0.15, -0.1) is 4.52 Å². The van der Waals surface area contributed by atoms with Crippen LogP contribution in [0.4, 0.5) is 5.82 Å². The summed E-state index contributed by atoms with van der Waals surface area (Å²) in [6.07, 6.45) is 2.45. The second-order valence-corrected chi connectivity index (χ2v) is 6.04. The lowest BCUT2D eigenvalue weighted by molar-refractivity contribution is -0.0183. The third-order valence-corrected chi connectivity index (χ3v) is 3.66. The molecule has 9 heteroatoms. The highest BCUT2D eigenvalue weighted by Gasteiger charge is 2.30. The number of nitrogens with two attached hydrogens (primary N) is 1. The smallest absolute Gasteiger partial charge is 0.383 e. The van der Waals surface area contributed by atoms with Crippen LogP contribution in [0.5, 0.6) is 0 Å². The van der Waals surface area contributed by atoms with Crippen LogP contribution in [0.1, 0.15) is 24.6 Å². The van der Waals surface area contributed by atoms with E-state index in [0.29, 0.717) is 6.42 Å². The minimum atomic E-state index is -1.93. The molecular formula is C10H15N3O4PS+. The van der Waals surface area contributed by atoms with Crippen LogP contribution in [-0.2, 0) is 13.8 Å². The van der Waals surface area contributed by atoms with Crippen molar-refractivity contribution in [1.82, 2.24) is 9.55 Å². The van der Waals surface area contributed by atoms with Gasteiger partial charge in [0.05, 0.1) is 6.10 Å². The molecule has 1 aliphatic rings. The molecular weight excluding hydrogens is 289 g/mol. The van der Waals surface area contributed by atoms with E-state index in [1.807, 2.05) is 0 Å². The van der Waals surface area contributed by atoms with Crippen LogP contribution in [0.25, 0.3) is 0 Å². The maximum absolute atomic E-state index is 11.8. The van der Waals surface area contributed by atoms with Crippen molar-refractivity contribution < 1.29 is 13.8 Å². The van der Waals surface area contributed by atoms with Crippen LogP contribution in [0.2, 0.25) is 0 Å². The summed E-state index contributed by atoms with van der Waals surface area (Å²) < 4.78 is 22.7. The minimum Gasteiger partial charge on any atom is -0.383 e. The first-order valence-electron chi connectivity index (χ1n) is 5.77. The van der Waals surface area contributed by atoms with E-state index in [4.69, 9.17) is 15.0 Å². The van der Waals surface area contributed by atoms with Crippen molar-refractivity contribution in [3.05, 3.63) is 22.2 Å². The Hall–Kier alpha value is -0.950. The van der Waals surface area contributed by atoms with E-state index >= 15 is 0 Å². The Morgan fingerprint density at radius 2 is 2.42 bits per heavy atom. The lowest BCUT2D eigenvalue weighted by Gasteiger charge is -2.15. The van der Waals surface area contributed by atoms with Gasteiger partial charge >= 0.3 is 12.9 Å². The minimum absolute atomic E-state index is 0.194. The summed E-state index contributed by atoms with van der Waals surface area (Å²) in [6, 6.07) is 0. The van der Waals surface area contributed by atoms with Gasteiger partial charge in [0.1, 0.15) is 30.9 Å². The van der Waals surface area contributed by atoms with Gasteiger partial charge in [-0.25, -0.2) is 4.79 Å². The first-order chi connectivity index (χ1) is 8.97. The summed E-state index contributed by atoms with van der Waals surface area (Å²) in [6.45, 7) is 1.98. The number of nitrogen functional groups attached to an aromatic ring is 1. The SMILES string of the molecule is Cc1cn([C@H]2CC[C@@H](CO[P+](=O)S)O2)c(=O)nc1N. The predicted molar refractivity (Wildman–Crippen MR) is 73.3 cm³/mol. The molecule has 1 unspecified atom stereocenters. The van der Waals surface area contributed by atoms with E-state index in [9.17, 15) is 9.36 Å². The zero-order valence-electron chi connectivity index (χ0n) is 10.4. The van der Waals surface area contributed by atoms with Crippen LogP contribution in [0.15, 0.2) is 11.0 Å². The summed E-state index contributed by atoms with van der Waals surface area (Å²) >= 11 is 3.66. The number of anilines is 1. The summed E-state index contributed by atoms with van der Waals surface area (Å²) in [5, 5.41) is 0. The fraction of sp³-hybridized carbons (Fsp3) is 0.600. The van der Waals surface area contributed by atoms with E-state index in [2.05, 4.69) is 17.2 Å². The summed E-state index contributed by atoms with van der Waals surface area (Å²) in [5.74, 6) is 0.228. The second-order valence-electron chi connectivity index (χ2n) is 4.32. The largest absolute Gasteiger partial charge is 0.582 e. The maximum atomic E-state index is 11.8. The number of ether oxygens (including phenoxy) is 1. The van der Waals surface area contributed by atoms with Crippen LogP contribution < -0.4 is 11.4 Å². The van der Waals surface area contributed by atoms with Gasteiger partial charge in [-0.3, -0.25) is 4.57 Å². The zero-order chi connectivity index (χ0) is 14.0. The van der Waals surface area contributed by atoms with Crippen LogP contribution >= 0.6 is 19.5 Å². The Balaban J connectivity index is 2.07. The summed E-state index contributed by atoms with van der Waals surface area (Å²) in [7, 11) is -1.93. The predicted octanol–water partition coefficient (Wildman–Crippen LogP) is 1.42. The fourth-order valence-electron chi connectivity index (χ4n) is 1.95. The molecule has 0 bridgehead atoms. The Morgan fingerprint density at radius 1 is 1.68 bits per heavy atom. The quantitative estimate of drug-likeness (QED) is 0.645. The molecule has 2 N–H and O–H groups in total. The van der Waals surface area contributed by atoms with Gasteiger partial charge < -0.3 is 10.5 Å².